The average molecular weight is 663 g/mol. The summed E-state index contributed by atoms with van der Waals surface area (Å²) in [6, 6.07) is 7.42. The lowest BCUT2D eigenvalue weighted by molar-refractivity contribution is -0.142. The van der Waals surface area contributed by atoms with Crippen molar-refractivity contribution in [2.75, 3.05) is 26.2 Å². The Kier molecular flexibility index (Phi) is 11.0. The number of hydrogen-bond donors (Lipinski definition) is 2. The van der Waals surface area contributed by atoms with E-state index >= 15 is 4.39 Å². The van der Waals surface area contributed by atoms with E-state index in [4.69, 9.17) is 0 Å². The van der Waals surface area contributed by atoms with Crippen LogP contribution in [0.15, 0.2) is 41.3 Å². The van der Waals surface area contributed by atoms with Crippen molar-refractivity contribution in [3.8, 4) is 11.1 Å². The Morgan fingerprint density at radius 2 is 1.74 bits per heavy atom. The Labute approximate surface area is 271 Å². The Morgan fingerprint density at radius 1 is 1.11 bits per heavy atom. The summed E-state index contributed by atoms with van der Waals surface area (Å²) in [4.78, 5) is 30.3. The summed E-state index contributed by atoms with van der Waals surface area (Å²) in [7, 11) is 0. The Bertz CT molecular complexity index is 1640. The van der Waals surface area contributed by atoms with Crippen LogP contribution in [0.2, 0.25) is 0 Å². The minimum absolute atomic E-state index is 0.00738. The molecular weight excluding hydrogens is 619 g/mol. The third-order valence-corrected chi connectivity index (χ3v) is 8.64. The standard InChI is InChI=1S/C35H43F5N4O3/c1-20(2)12-26(44-17-24(10-11-43-18-34(6,37)19-43)32(35(38,39)40)42-33(44)47)16-41-28(15-29(45)46)27-14-25(13-23(5)31(27)36)30-21(3)8-7-9-22(30)4/h7-9,13-14,17,20,26,28,41H,10-12,15-16,18-19H2,1-6H3,(H,45,46)/t26-,28-/m0/s1. The zero-order valence-electron chi connectivity index (χ0n) is 27.6. The van der Waals surface area contributed by atoms with Crippen molar-refractivity contribution < 1.29 is 31.9 Å². The summed E-state index contributed by atoms with van der Waals surface area (Å²) < 4.78 is 72.8. The van der Waals surface area contributed by atoms with Gasteiger partial charge in [0.15, 0.2) is 5.69 Å². The van der Waals surface area contributed by atoms with Gasteiger partial charge in [0.2, 0.25) is 0 Å². The number of carboxylic acids is 1. The van der Waals surface area contributed by atoms with Crippen LogP contribution in [0.5, 0.6) is 0 Å². The van der Waals surface area contributed by atoms with Gasteiger partial charge in [0.05, 0.1) is 12.5 Å². The van der Waals surface area contributed by atoms with Crippen LogP contribution >= 0.6 is 0 Å². The van der Waals surface area contributed by atoms with E-state index in [1.807, 2.05) is 45.9 Å². The molecule has 0 bridgehead atoms. The van der Waals surface area contributed by atoms with E-state index < -0.39 is 53.5 Å². The lowest BCUT2D eigenvalue weighted by atomic mass is 9.90. The number of nitrogens with zero attached hydrogens (tertiary/aromatic N) is 3. The van der Waals surface area contributed by atoms with Gasteiger partial charge in [-0.1, -0.05) is 32.0 Å². The van der Waals surface area contributed by atoms with Crippen molar-refractivity contribution >= 4 is 5.97 Å². The molecule has 3 aromatic rings. The fourth-order valence-corrected chi connectivity index (χ4v) is 6.57. The first-order chi connectivity index (χ1) is 21.9. The van der Waals surface area contributed by atoms with E-state index in [0.29, 0.717) is 12.0 Å². The summed E-state index contributed by atoms with van der Waals surface area (Å²) in [5.74, 6) is -1.75. The first-order valence-corrected chi connectivity index (χ1v) is 15.8. The highest BCUT2D eigenvalue weighted by Gasteiger charge is 2.40. The Balaban J connectivity index is 1.70. The van der Waals surface area contributed by atoms with Crippen LogP contribution in [0, 0.1) is 32.5 Å². The molecule has 2 atom stereocenters. The molecule has 1 aliphatic rings. The predicted octanol–water partition coefficient (Wildman–Crippen LogP) is 6.97. The number of aliphatic carboxylic acids is 1. The van der Waals surface area contributed by atoms with Gasteiger partial charge >= 0.3 is 17.8 Å². The molecule has 0 amide bonds. The minimum atomic E-state index is -4.87. The molecule has 47 heavy (non-hydrogen) atoms. The molecule has 1 fully saturated rings. The van der Waals surface area contributed by atoms with Crippen molar-refractivity contribution in [2.45, 2.75) is 84.7 Å². The highest BCUT2D eigenvalue weighted by Crippen LogP contribution is 2.34. The van der Waals surface area contributed by atoms with Gasteiger partial charge in [0.25, 0.3) is 0 Å². The quantitative estimate of drug-likeness (QED) is 0.192. The first kappa shape index (κ1) is 36.2. The molecule has 0 radical (unpaired) electrons. The second kappa shape index (κ2) is 14.2. The molecule has 2 N–H and O–H groups in total. The molecule has 4 rings (SSSR count). The molecule has 1 aliphatic heterocycles. The predicted molar refractivity (Wildman–Crippen MR) is 171 cm³/mol. The summed E-state index contributed by atoms with van der Waals surface area (Å²) in [6.45, 7) is 11.0. The largest absolute Gasteiger partial charge is 0.481 e. The van der Waals surface area contributed by atoms with Gasteiger partial charge in [-0.2, -0.15) is 18.2 Å². The third-order valence-electron chi connectivity index (χ3n) is 8.64. The van der Waals surface area contributed by atoms with Crippen molar-refractivity contribution in [3.05, 3.63) is 86.3 Å². The van der Waals surface area contributed by atoms with Crippen LogP contribution < -0.4 is 11.0 Å². The monoisotopic (exact) mass is 662 g/mol. The fourth-order valence-electron chi connectivity index (χ4n) is 6.57. The molecule has 2 heterocycles. The summed E-state index contributed by atoms with van der Waals surface area (Å²) >= 11 is 0. The zero-order valence-corrected chi connectivity index (χ0v) is 27.6. The minimum Gasteiger partial charge on any atom is -0.481 e. The van der Waals surface area contributed by atoms with Crippen molar-refractivity contribution in [3.63, 3.8) is 0 Å². The van der Waals surface area contributed by atoms with E-state index in [9.17, 15) is 32.3 Å². The maximum atomic E-state index is 15.7. The fraction of sp³-hybridized carbons (Fsp3) is 0.514. The number of carboxylic acid groups (broad SMARTS) is 1. The van der Waals surface area contributed by atoms with Crippen LogP contribution in [-0.2, 0) is 17.4 Å². The number of hydrogen-bond acceptors (Lipinski definition) is 5. The molecule has 0 spiro atoms. The normalized spacial score (nSPS) is 16.3. The van der Waals surface area contributed by atoms with Crippen LogP contribution in [0.1, 0.15) is 79.2 Å². The first-order valence-electron chi connectivity index (χ1n) is 15.8. The van der Waals surface area contributed by atoms with Gasteiger partial charge in [0.1, 0.15) is 11.5 Å². The number of likely N-dealkylation sites (tertiary alicyclic amines) is 1. The van der Waals surface area contributed by atoms with Crippen LogP contribution in [-0.4, -0.2) is 57.4 Å². The maximum Gasteiger partial charge on any atom is 0.433 e. The average Bonchev–Trinajstić information content (AvgIpc) is 2.93. The molecular formula is C35H43F5N4O3. The van der Waals surface area contributed by atoms with Gasteiger partial charge in [-0.3, -0.25) is 14.3 Å². The van der Waals surface area contributed by atoms with E-state index in [-0.39, 0.29) is 49.6 Å². The molecule has 1 aromatic heterocycles. The van der Waals surface area contributed by atoms with Crippen molar-refractivity contribution in [1.82, 2.24) is 19.8 Å². The molecule has 0 aliphatic carbocycles. The number of halogens is 5. The van der Waals surface area contributed by atoms with E-state index in [0.717, 1.165) is 26.8 Å². The van der Waals surface area contributed by atoms with Crippen LogP contribution in [0.3, 0.4) is 0 Å². The topological polar surface area (TPSA) is 87.5 Å². The number of aromatic nitrogens is 2. The maximum absolute atomic E-state index is 15.7. The summed E-state index contributed by atoms with van der Waals surface area (Å²) in [6.07, 6.45) is -3.94. The number of aryl methyl sites for hydroxylation is 3. The molecule has 1 saturated heterocycles. The molecule has 12 heteroatoms. The lowest BCUT2D eigenvalue weighted by Crippen LogP contribution is -2.57. The third kappa shape index (κ3) is 8.84. The molecule has 0 saturated carbocycles. The molecule has 0 unspecified atom stereocenters. The number of carbonyl (C=O) groups is 1. The van der Waals surface area contributed by atoms with Gasteiger partial charge in [-0.05, 0) is 86.4 Å². The molecule has 256 valence electrons. The van der Waals surface area contributed by atoms with Crippen LogP contribution in [0.4, 0.5) is 22.0 Å². The molecule has 7 nitrogen and oxygen atoms in total. The van der Waals surface area contributed by atoms with Gasteiger partial charge in [0, 0.05) is 49.5 Å². The summed E-state index contributed by atoms with van der Waals surface area (Å²) in [5, 5.41) is 12.9. The second-order valence-corrected chi connectivity index (χ2v) is 13.5. The Hall–Kier alpha value is -3.64. The zero-order chi connectivity index (χ0) is 34.8. The van der Waals surface area contributed by atoms with Crippen molar-refractivity contribution in [2.24, 2.45) is 5.92 Å². The van der Waals surface area contributed by atoms with Gasteiger partial charge in [-0.15, -0.1) is 0 Å². The summed E-state index contributed by atoms with van der Waals surface area (Å²) in [5.41, 5.74) is 0.107. The van der Waals surface area contributed by atoms with E-state index in [1.54, 1.807) is 24.0 Å². The number of rotatable bonds is 13. The van der Waals surface area contributed by atoms with Gasteiger partial charge < -0.3 is 10.4 Å². The van der Waals surface area contributed by atoms with Crippen molar-refractivity contribution in [1.29, 1.82) is 0 Å². The Morgan fingerprint density at radius 3 is 2.30 bits per heavy atom. The molecule has 2 aromatic carbocycles. The highest BCUT2D eigenvalue weighted by molar-refractivity contribution is 5.73. The highest BCUT2D eigenvalue weighted by atomic mass is 19.4. The van der Waals surface area contributed by atoms with Gasteiger partial charge in [-0.25, -0.2) is 13.6 Å². The number of nitrogens with one attached hydrogen (secondary N) is 1. The number of alkyl halides is 4. The van der Waals surface area contributed by atoms with E-state index in [1.165, 1.54) is 13.1 Å². The SMILES string of the molecule is Cc1cc(-c2c(C)cccc2C)cc([C@H](CC(=O)O)NC[C@H](CC(C)C)n2cc(CCN3CC(C)(F)C3)c(C(F)(F)F)nc2=O)c1F. The van der Waals surface area contributed by atoms with E-state index in [2.05, 4.69) is 10.3 Å². The second-order valence-electron chi connectivity index (χ2n) is 13.5. The number of benzene rings is 2. The van der Waals surface area contributed by atoms with Crippen LogP contribution in [0.25, 0.3) is 11.1 Å². The lowest BCUT2D eigenvalue weighted by Gasteiger charge is -2.42. The smallest absolute Gasteiger partial charge is 0.433 e.